The maximum absolute atomic E-state index is 13.3. The van der Waals surface area contributed by atoms with Crippen molar-refractivity contribution in [2.24, 2.45) is 0 Å². The maximum Gasteiger partial charge on any atom is 0.262 e. The van der Waals surface area contributed by atoms with Gasteiger partial charge in [-0.1, -0.05) is 17.7 Å². The zero-order valence-corrected chi connectivity index (χ0v) is 13.5. The molecule has 1 heterocycles. The first-order valence-electron chi connectivity index (χ1n) is 6.07. The number of imide groups is 1. The summed E-state index contributed by atoms with van der Waals surface area (Å²) < 4.78 is 14.0. The molecule has 3 rings (SSSR count). The van der Waals surface area contributed by atoms with E-state index < -0.39 is 5.82 Å². The predicted molar refractivity (Wildman–Crippen MR) is 84.8 cm³/mol. The van der Waals surface area contributed by atoms with Gasteiger partial charge in [-0.15, -0.1) is 0 Å². The van der Waals surface area contributed by atoms with E-state index >= 15 is 0 Å². The van der Waals surface area contributed by atoms with E-state index in [1.807, 2.05) is 22.6 Å². The van der Waals surface area contributed by atoms with Gasteiger partial charge in [0.2, 0.25) is 0 Å². The summed E-state index contributed by atoms with van der Waals surface area (Å²) in [5, 5.41) is 0.322. The number of carbonyl (C=O) groups excluding carboxylic acids is 2. The molecule has 1 aliphatic rings. The summed E-state index contributed by atoms with van der Waals surface area (Å²) >= 11 is 8.01. The molecule has 0 aliphatic carbocycles. The van der Waals surface area contributed by atoms with Gasteiger partial charge >= 0.3 is 0 Å². The van der Waals surface area contributed by atoms with Crippen molar-refractivity contribution in [2.75, 3.05) is 0 Å². The Morgan fingerprint density at radius 3 is 2.62 bits per heavy atom. The Labute approximate surface area is 138 Å². The highest BCUT2D eigenvalue weighted by Crippen LogP contribution is 2.29. The first-order chi connectivity index (χ1) is 9.99. The topological polar surface area (TPSA) is 37.4 Å². The van der Waals surface area contributed by atoms with Gasteiger partial charge in [-0.25, -0.2) is 4.39 Å². The highest BCUT2D eigenvalue weighted by Gasteiger charge is 2.37. The Balaban J connectivity index is 1.99. The molecule has 0 unspecified atom stereocenters. The SMILES string of the molecule is O=C1c2cccc(I)c2C(=O)N1Cc1cc(F)ccc1Cl. The third kappa shape index (κ3) is 2.44. The Morgan fingerprint density at radius 1 is 1.14 bits per heavy atom. The van der Waals surface area contributed by atoms with Crippen LogP contribution in [0.25, 0.3) is 0 Å². The molecule has 0 radical (unpaired) electrons. The highest BCUT2D eigenvalue weighted by molar-refractivity contribution is 14.1. The van der Waals surface area contributed by atoms with Crippen LogP contribution in [0.3, 0.4) is 0 Å². The molecule has 0 N–H and O–H groups in total. The third-order valence-electron chi connectivity index (χ3n) is 3.28. The van der Waals surface area contributed by atoms with Crippen molar-refractivity contribution in [1.29, 1.82) is 0 Å². The zero-order chi connectivity index (χ0) is 15.1. The maximum atomic E-state index is 13.3. The Morgan fingerprint density at radius 2 is 1.90 bits per heavy atom. The minimum absolute atomic E-state index is 0.0426. The number of hydrogen-bond donors (Lipinski definition) is 0. The number of nitrogens with zero attached hydrogens (tertiary/aromatic N) is 1. The number of amides is 2. The molecule has 2 aromatic rings. The van der Waals surface area contributed by atoms with Gasteiger partial charge in [0.25, 0.3) is 11.8 Å². The lowest BCUT2D eigenvalue weighted by Crippen LogP contribution is -2.29. The summed E-state index contributed by atoms with van der Waals surface area (Å²) in [6, 6.07) is 8.99. The van der Waals surface area contributed by atoms with Crippen molar-refractivity contribution in [3.63, 3.8) is 0 Å². The second-order valence-electron chi connectivity index (χ2n) is 4.59. The minimum Gasteiger partial charge on any atom is -0.270 e. The van der Waals surface area contributed by atoms with E-state index in [-0.39, 0.29) is 18.4 Å². The van der Waals surface area contributed by atoms with E-state index in [0.717, 1.165) is 8.47 Å². The van der Waals surface area contributed by atoms with Crippen molar-refractivity contribution in [3.05, 3.63) is 67.5 Å². The molecular weight excluding hydrogens is 408 g/mol. The Kier molecular flexibility index (Phi) is 3.71. The van der Waals surface area contributed by atoms with Gasteiger partial charge in [-0.05, 0) is 58.5 Å². The summed E-state index contributed by atoms with van der Waals surface area (Å²) in [6.45, 7) is -0.0426. The lowest BCUT2D eigenvalue weighted by molar-refractivity contribution is 0.0642. The molecule has 0 atom stereocenters. The van der Waals surface area contributed by atoms with Crippen molar-refractivity contribution in [2.45, 2.75) is 6.54 Å². The number of halogens is 3. The molecule has 0 fully saturated rings. The van der Waals surface area contributed by atoms with Crippen molar-refractivity contribution in [1.82, 2.24) is 4.90 Å². The van der Waals surface area contributed by atoms with Crippen LogP contribution in [0.15, 0.2) is 36.4 Å². The monoisotopic (exact) mass is 415 g/mol. The molecule has 0 saturated heterocycles. The van der Waals surface area contributed by atoms with E-state index in [1.54, 1.807) is 18.2 Å². The summed E-state index contributed by atoms with van der Waals surface area (Å²) in [6.07, 6.45) is 0. The molecule has 106 valence electrons. The van der Waals surface area contributed by atoms with Gasteiger partial charge in [0, 0.05) is 8.59 Å². The van der Waals surface area contributed by atoms with Crippen LogP contribution in [-0.4, -0.2) is 16.7 Å². The van der Waals surface area contributed by atoms with Crippen LogP contribution in [0.1, 0.15) is 26.3 Å². The lowest BCUT2D eigenvalue weighted by Gasteiger charge is -2.15. The quantitative estimate of drug-likeness (QED) is 0.551. The summed E-state index contributed by atoms with van der Waals surface area (Å²) in [5.41, 5.74) is 1.18. The van der Waals surface area contributed by atoms with Gasteiger partial charge in [-0.3, -0.25) is 14.5 Å². The minimum atomic E-state index is -0.458. The second-order valence-corrected chi connectivity index (χ2v) is 6.16. The fraction of sp³-hybridized carbons (Fsp3) is 0.0667. The standard InChI is InChI=1S/C15H8ClFINO2/c16-11-5-4-9(17)6-8(11)7-19-14(20)10-2-1-3-12(18)13(10)15(19)21/h1-6H,7H2. The first-order valence-corrected chi connectivity index (χ1v) is 7.53. The predicted octanol–water partition coefficient (Wildman–Crippen LogP) is 3.88. The van der Waals surface area contributed by atoms with Crippen LogP contribution in [-0.2, 0) is 6.54 Å². The van der Waals surface area contributed by atoms with Crippen LogP contribution in [0.4, 0.5) is 4.39 Å². The molecule has 6 heteroatoms. The lowest BCUT2D eigenvalue weighted by atomic mass is 10.1. The average molecular weight is 416 g/mol. The summed E-state index contributed by atoms with van der Waals surface area (Å²) in [7, 11) is 0. The molecule has 0 aromatic heterocycles. The van der Waals surface area contributed by atoms with Crippen LogP contribution >= 0.6 is 34.2 Å². The Bertz CT molecular complexity index is 778. The normalized spacial score (nSPS) is 13.8. The van der Waals surface area contributed by atoms with Crippen LogP contribution in [0.2, 0.25) is 5.02 Å². The molecule has 1 aliphatic heterocycles. The molecule has 3 nitrogen and oxygen atoms in total. The number of hydrogen-bond acceptors (Lipinski definition) is 2. The van der Waals surface area contributed by atoms with Gasteiger partial charge in [0.05, 0.1) is 17.7 Å². The highest BCUT2D eigenvalue weighted by atomic mass is 127. The van der Waals surface area contributed by atoms with E-state index in [1.165, 1.54) is 18.2 Å². The van der Waals surface area contributed by atoms with E-state index in [4.69, 9.17) is 11.6 Å². The summed E-state index contributed by atoms with van der Waals surface area (Å²) in [4.78, 5) is 25.8. The van der Waals surface area contributed by atoms with E-state index in [0.29, 0.717) is 21.7 Å². The molecule has 0 bridgehead atoms. The van der Waals surface area contributed by atoms with E-state index in [2.05, 4.69) is 0 Å². The average Bonchev–Trinajstić information content (AvgIpc) is 2.69. The Hall–Kier alpha value is -1.47. The molecule has 0 spiro atoms. The molecule has 0 saturated carbocycles. The molecular formula is C15H8ClFINO2. The number of benzene rings is 2. The molecule has 2 aromatic carbocycles. The van der Waals surface area contributed by atoms with Crippen LogP contribution in [0.5, 0.6) is 0 Å². The zero-order valence-electron chi connectivity index (χ0n) is 10.6. The van der Waals surface area contributed by atoms with Crippen LogP contribution in [0, 0.1) is 9.39 Å². The second kappa shape index (κ2) is 5.38. The van der Waals surface area contributed by atoms with Crippen molar-refractivity contribution >= 4 is 46.0 Å². The van der Waals surface area contributed by atoms with Gasteiger partial charge in [-0.2, -0.15) is 0 Å². The largest absolute Gasteiger partial charge is 0.270 e. The number of fused-ring (bicyclic) bond motifs is 1. The summed E-state index contributed by atoms with van der Waals surface area (Å²) in [5.74, 6) is -1.21. The van der Waals surface area contributed by atoms with Gasteiger partial charge in [0.15, 0.2) is 0 Å². The smallest absolute Gasteiger partial charge is 0.262 e. The van der Waals surface area contributed by atoms with Crippen molar-refractivity contribution in [3.8, 4) is 0 Å². The van der Waals surface area contributed by atoms with Crippen LogP contribution < -0.4 is 0 Å². The van der Waals surface area contributed by atoms with Crippen molar-refractivity contribution < 1.29 is 14.0 Å². The third-order valence-corrected chi connectivity index (χ3v) is 4.55. The first kappa shape index (κ1) is 14.5. The van der Waals surface area contributed by atoms with Gasteiger partial charge < -0.3 is 0 Å². The molecule has 2 amide bonds. The van der Waals surface area contributed by atoms with E-state index in [9.17, 15) is 14.0 Å². The number of carbonyl (C=O) groups is 2. The number of rotatable bonds is 2. The fourth-order valence-electron chi connectivity index (χ4n) is 2.27. The van der Waals surface area contributed by atoms with Gasteiger partial charge in [0.1, 0.15) is 5.82 Å². The molecule has 21 heavy (non-hydrogen) atoms. The fourth-order valence-corrected chi connectivity index (χ4v) is 3.18.